The summed E-state index contributed by atoms with van der Waals surface area (Å²) in [6.07, 6.45) is 9.36. The quantitative estimate of drug-likeness (QED) is 0.854. The fourth-order valence-corrected chi connectivity index (χ4v) is 3.30. The van der Waals surface area contributed by atoms with E-state index in [9.17, 15) is 5.11 Å². The summed E-state index contributed by atoms with van der Waals surface area (Å²) >= 11 is 3.37. The molecule has 0 unspecified atom stereocenters. The average Bonchev–Trinajstić information content (AvgIpc) is 2.41. The molecule has 4 heteroatoms. The maximum atomic E-state index is 9.82. The number of hydrogen-bond donors (Lipinski definition) is 2. The first-order valence-electron chi connectivity index (χ1n) is 7.49. The zero-order chi connectivity index (χ0) is 14.4. The van der Waals surface area contributed by atoms with Crippen LogP contribution < -0.4 is 10.1 Å². The van der Waals surface area contributed by atoms with E-state index in [0.717, 1.165) is 12.1 Å². The smallest absolute Gasteiger partial charge is 0.172 e. The predicted octanol–water partition coefficient (Wildman–Crippen LogP) is 4.37. The maximum Gasteiger partial charge on any atom is 0.172 e. The third-order valence-corrected chi connectivity index (χ3v) is 4.61. The molecule has 3 nitrogen and oxygen atoms in total. The van der Waals surface area contributed by atoms with E-state index in [1.165, 1.54) is 44.9 Å². The zero-order valence-corrected chi connectivity index (χ0v) is 13.7. The molecular weight excluding hydrogens is 318 g/mol. The van der Waals surface area contributed by atoms with Crippen molar-refractivity contribution in [1.29, 1.82) is 0 Å². The highest BCUT2D eigenvalue weighted by atomic mass is 79.9. The molecule has 20 heavy (non-hydrogen) atoms. The number of benzene rings is 1. The third kappa shape index (κ3) is 4.38. The second kappa shape index (κ2) is 7.89. The molecule has 0 spiro atoms. The van der Waals surface area contributed by atoms with Crippen molar-refractivity contribution in [2.24, 2.45) is 0 Å². The zero-order valence-electron chi connectivity index (χ0n) is 12.1. The molecule has 1 aromatic rings. The summed E-state index contributed by atoms with van der Waals surface area (Å²) in [6, 6.07) is 4.47. The molecule has 0 amide bonds. The number of hydrogen-bond acceptors (Lipinski definition) is 3. The number of halogens is 1. The van der Waals surface area contributed by atoms with E-state index in [0.29, 0.717) is 16.3 Å². The van der Waals surface area contributed by atoms with Crippen LogP contribution in [0.1, 0.15) is 50.5 Å². The Morgan fingerprint density at radius 1 is 1.20 bits per heavy atom. The molecule has 0 aromatic heterocycles. The van der Waals surface area contributed by atoms with Crippen molar-refractivity contribution >= 4 is 15.9 Å². The monoisotopic (exact) mass is 341 g/mol. The lowest BCUT2D eigenvalue weighted by Crippen LogP contribution is -2.29. The van der Waals surface area contributed by atoms with Gasteiger partial charge in [0.25, 0.3) is 0 Å². The second-order valence-corrected chi connectivity index (χ2v) is 6.41. The minimum Gasteiger partial charge on any atom is -0.503 e. The van der Waals surface area contributed by atoms with E-state index in [2.05, 4.69) is 21.2 Å². The molecule has 2 N–H and O–H groups in total. The van der Waals surface area contributed by atoms with Gasteiger partial charge in [-0.2, -0.15) is 0 Å². The summed E-state index contributed by atoms with van der Waals surface area (Å²) in [5.74, 6) is 0.691. The van der Waals surface area contributed by atoms with Crippen LogP contribution in [0.4, 0.5) is 0 Å². The van der Waals surface area contributed by atoms with E-state index in [1.54, 1.807) is 7.11 Å². The van der Waals surface area contributed by atoms with Crippen LogP contribution in [-0.2, 0) is 6.54 Å². The van der Waals surface area contributed by atoms with Gasteiger partial charge in [0.05, 0.1) is 11.6 Å². The van der Waals surface area contributed by atoms with Crippen LogP contribution in [0.5, 0.6) is 11.5 Å². The second-order valence-electron chi connectivity index (χ2n) is 5.55. The molecule has 112 valence electrons. The standard InChI is InChI=1S/C16H24BrNO2/c1-20-15-10-12(9-14(17)16(15)19)11-18-13-7-5-3-2-4-6-8-13/h9-10,13,18-19H,2-8,11H2,1H3. The molecule has 1 aliphatic carbocycles. The first-order chi connectivity index (χ1) is 9.70. The minimum absolute atomic E-state index is 0.169. The molecule has 2 rings (SSSR count). The van der Waals surface area contributed by atoms with Crippen LogP contribution in [0.2, 0.25) is 0 Å². The van der Waals surface area contributed by atoms with Gasteiger partial charge in [0.2, 0.25) is 0 Å². The summed E-state index contributed by atoms with van der Waals surface area (Å²) in [6.45, 7) is 0.819. The van der Waals surface area contributed by atoms with E-state index in [4.69, 9.17) is 4.74 Å². The minimum atomic E-state index is 0.169. The highest BCUT2D eigenvalue weighted by molar-refractivity contribution is 9.10. The maximum absolute atomic E-state index is 9.82. The fourth-order valence-electron chi connectivity index (χ4n) is 2.81. The van der Waals surface area contributed by atoms with Crippen molar-refractivity contribution in [1.82, 2.24) is 5.32 Å². The molecule has 1 saturated carbocycles. The van der Waals surface area contributed by atoms with Crippen LogP contribution in [-0.4, -0.2) is 18.3 Å². The number of nitrogens with one attached hydrogen (secondary N) is 1. The number of phenolic OH excluding ortho intramolecular Hbond substituents is 1. The first-order valence-corrected chi connectivity index (χ1v) is 8.28. The Kier molecular flexibility index (Phi) is 6.17. The van der Waals surface area contributed by atoms with E-state index in [1.807, 2.05) is 12.1 Å². The number of methoxy groups -OCH3 is 1. The van der Waals surface area contributed by atoms with Crippen LogP contribution in [0, 0.1) is 0 Å². The van der Waals surface area contributed by atoms with Gasteiger partial charge in [0.15, 0.2) is 11.5 Å². The summed E-state index contributed by atoms with van der Waals surface area (Å²) in [5, 5.41) is 13.5. The molecule has 0 radical (unpaired) electrons. The number of ether oxygens (including phenoxy) is 1. The Labute approximate surface area is 129 Å². The SMILES string of the molecule is COc1cc(CNC2CCCCCCC2)cc(Br)c1O. The van der Waals surface area contributed by atoms with Crippen LogP contribution in [0.3, 0.4) is 0 Å². The van der Waals surface area contributed by atoms with Gasteiger partial charge in [-0.25, -0.2) is 0 Å². The van der Waals surface area contributed by atoms with Gasteiger partial charge < -0.3 is 15.2 Å². The van der Waals surface area contributed by atoms with Gasteiger partial charge in [-0.3, -0.25) is 0 Å². The van der Waals surface area contributed by atoms with E-state index in [-0.39, 0.29) is 5.75 Å². The van der Waals surface area contributed by atoms with Crippen LogP contribution >= 0.6 is 15.9 Å². The van der Waals surface area contributed by atoms with Crippen molar-refractivity contribution < 1.29 is 9.84 Å². The van der Waals surface area contributed by atoms with Crippen molar-refractivity contribution in [2.45, 2.75) is 57.5 Å². The predicted molar refractivity (Wildman–Crippen MR) is 85.3 cm³/mol. The third-order valence-electron chi connectivity index (χ3n) is 4.01. The Morgan fingerprint density at radius 3 is 2.50 bits per heavy atom. The Hall–Kier alpha value is -0.740. The molecule has 1 aromatic carbocycles. The molecule has 0 heterocycles. The lowest BCUT2D eigenvalue weighted by Gasteiger charge is -2.21. The van der Waals surface area contributed by atoms with Crippen molar-refractivity contribution in [3.8, 4) is 11.5 Å². The molecule has 1 fully saturated rings. The Bertz CT molecular complexity index is 429. The summed E-state index contributed by atoms with van der Waals surface area (Å²) in [5.41, 5.74) is 1.13. The largest absolute Gasteiger partial charge is 0.503 e. The van der Waals surface area contributed by atoms with Crippen LogP contribution in [0.25, 0.3) is 0 Å². The highest BCUT2D eigenvalue weighted by Crippen LogP contribution is 2.35. The van der Waals surface area contributed by atoms with Gasteiger partial charge in [0.1, 0.15) is 0 Å². The van der Waals surface area contributed by atoms with Crippen molar-refractivity contribution in [3.63, 3.8) is 0 Å². The summed E-state index contributed by atoms with van der Waals surface area (Å²) in [4.78, 5) is 0. The summed E-state index contributed by atoms with van der Waals surface area (Å²) < 4.78 is 5.87. The average molecular weight is 342 g/mol. The molecular formula is C16H24BrNO2. The number of aromatic hydroxyl groups is 1. The van der Waals surface area contributed by atoms with Gasteiger partial charge in [-0.15, -0.1) is 0 Å². The normalized spacial score (nSPS) is 17.5. The number of rotatable bonds is 4. The molecule has 0 aliphatic heterocycles. The van der Waals surface area contributed by atoms with E-state index >= 15 is 0 Å². The first kappa shape index (κ1) is 15.6. The summed E-state index contributed by atoms with van der Waals surface area (Å²) in [7, 11) is 1.58. The topological polar surface area (TPSA) is 41.5 Å². The van der Waals surface area contributed by atoms with Gasteiger partial charge in [-0.05, 0) is 46.5 Å². The molecule has 0 bridgehead atoms. The van der Waals surface area contributed by atoms with Crippen LogP contribution in [0.15, 0.2) is 16.6 Å². The Balaban J connectivity index is 1.94. The Morgan fingerprint density at radius 2 is 1.85 bits per heavy atom. The van der Waals surface area contributed by atoms with Gasteiger partial charge in [-0.1, -0.05) is 32.1 Å². The lowest BCUT2D eigenvalue weighted by atomic mass is 9.96. The number of phenols is 1. The highest BCUT2D eigenvalue weighted by Gasteiger charge is 2.12. The van der Waals surface area contributed by atoms with Gasteiger partial charge >= 0.3 is 0 Å². The molecule has 0 saturated heterocycles. The lowest BCUT2D eigenvalue weighted by molar-refractivity contribution is 0.369. The molecule has 0 atom stereocenters. The van der Waals surface area contributed by atoms with E-state index < -0.39 is 0 Å². The van der Waals surface area contributed by atoms with Crippen molar-refractivity contribution in [2.75, 3.05) is 7.11 Å². The fraction of sp³-hybridized carbons (Fsp3) is 0.625. The molecule has 1 aliphatic rings. The van der Waals surface area contributed by atoms with Crippen molar-refractivity contribution in [3.05, 3.63) is 22.2 Å². The van der Waals surface area contributed by atoms with Gasteiger partial charge in [0, 0.05) is 12.6 Å².